The number of anilines is 1. The maximum atomic E-state index is 11.0. The first-order valence-corrected chi connectivity index (χ1v) is 6.33. The molecular weight excluding hydrogens is 244 g/mol. The van der Waals surface area contributed by atoms with Gasteiger partial charge in [0, 0.05) is 27.2 Å². The lowest BCUT2D eigenvalue weighted by Crippen LogP contribution is -2.43. The zero-order valence-electron chi connectivity index (χ0n) is 11.4. The summed E-state index contributed by atoms with van der Waals surface area (Å²) >= 11 is 0. The summed E-state index contributed by atoms with van der Waals surface area (Å²) in [6.07, 6.45) is -0.104. The molecule has 0 aromatic carbocycles. The minimum atomic E-state index is -0.310. The molecule has 1 aromatic heterocycles. The number of nitrogens with zero attached hydrogens (tertiary/aromatic N) is 3. The van der Waals surface area contributed by atoms with Crippen molar-refractivity contribution in [3.63, 3.8) is 0 Å². The Hall–Kier alpha value is -1.66. The van der Waals surface area contributed by atoms with Gasteiger partial charge in [-0.2, -0.15) is 0 Å². The minimum absolute atomic E-state index is 0.104. The van der Waals surface area contributed by atoms with E-state index in [9.17, 15) is 4.79 Å². The normalized spacial score (nSPS) is 20.2. The minimum Gasteiger partial charge on any atom is -0.369 e. The maximum absolute atomic E-state index is 11.0. The molecule has 1 amide bonds. The van der Waals surface area contributed by atoms with Gasteiger partial charge in [-0.15, -0.1) is 0 Å². The maximum Gasteiger partial charge on any atom is 0.231 e. The monoisotopic (exact) mass is 264 g/mol. The summed E-state index contributed by atoms with van der Waals surface area (Å²) in [5.74, 6) is 0.587. The first-order valence-electron chi connectivity index (χ1n) is 6.33. The van der Waals surface area contributed by atoms with Crippen LogP contribution in [-0.2, 0) is 9.53 Å². The highest BCUT2D eigenvalue weighted by molar-refractivity contribution is 5.75. The van der Waals surface area contributed by atoms with Crippen molar-refractivity contribution in [3.8, 4) is 0 Å². The SMILES string of the molecule is CN(C)c1cccc(C2CN(CC(N)=O)CCO2)n1. The summed E-state index contributed by atoms with van der Waals surface area (Å²) < 4.78 is 5.74. The summed E-state index contributed by atoms with van der Waals surface area (Å²) in [5, 5.41) is 0. The van der Waals surface area contributed by atoms with E-state index in [1.165, 1.54) is 0 Å². The summed E-state index contributed by atoms with van der Waals surface area (Å²) in [5.41, 5.74) is 6.12. The van der Waals surface area contributed by atoms with Gasteiger partial charge in [0.05, 0.1) is 18.8 Å². The lowest BCUT2D eigenvalue weighted by Gasteiger charge is -2.32. The van der Waals surface area contributed by atoms with Crippen LogP contribution < -0.4 is 10.6 Å². The molecular formula is C13H20N4O2. The predicted molar refractivity (Wildman–Crippen MR) is 72.9 cm³/mol. The Bertz CT molecular complexity index is 450. The smallest absolute Gasteiger partial charge is 0.231 e. The Balaban J connectivity index is 2.08. The third-order valence-corrected chi connectivity index (χ3v) is 3.07. The lowest BCUT2D eigenvalue weighted by atomic mass is 10.2. The molecule has 6 heteroatoms. The van der Waals surface area contributed by atoms with Crippen LogP contribution in [0.4, 0.5) is 5.82 Å². The van der Waals surface area contributed by atoms with Gasteiger partial charge in [0.25, 0.3) is 0 Å². The molecule has 1 aliphatic rings. The molecule has 1 aliphatic heterocycles. The van der Waals surface area contributed by atoms with E-state index >= 15 is 0 Å². The zero-order valence-corrected chi connectivity index (χ0v) is 11.4. The van der Waals surface area contributed by atoms with Crippen molar-refractivity contribution in [1.82, 2.24) is 9.88 Å². The second-order valence-corrected chi connectivity index (χ2v) is 4.88. The third-order valence-electron chi connectivity index (χ3n) is 3.07. The number of primary amides is 1. The summed E-state index contributed by atoms with van der Waals surface area (Å²) in [4.78, 5) is 19.5. The Morgan fingerprint density at radius 3 is 3.05 bits per heavy atom. The van der Waals surface area contributed by atoms with Crippen LogP contribution in [-0.4, -0.2) is 56.1 Å². The average molecular weight is 264 g/mol. The molecule has 1 aromatic rings. The molecule has 19 heavy (non-hydrogen) atoms. The van der Waals surface area contributed by atoms with Gasteiger partial charge in [-0.3, -0.25) is 9.69 Å². The molecule has 1 unspecified atom stereocenters. The lowest BCUT2D eigenvalue weighted by molar-refractivity contribution is -0.121. The number of ether oxygens (including phenoxy) is 1. The summed E-state index contributed by atoms with van der Waals surface area (Å²) in [6, 6.07) is 5.87. The Morgan fingerprint density at radius 1 is 1.58 bits per heavy atom. The van der Waals surface area contributed by atoms with Crippen molar-refractivity contribution in [2.75, 3.05) is 45.2 Å². The fraction of sp³-hybridized carbons (Fsp3) is 0.538. The molecule has 6 nitrogen and oxygen atoms in total. The number of nitrogens with two attached hydrogens (primary N) is 1. The number of aromatic nitrogens is 1. The largest absolute Gasteiger partial charge is 0.369 e. The Morgan fingerprint density at radius 2 is 2.37 bits per heavy atom. The average Bonchev–Trinajstić information content (AvgIpc) is 2.38. The van der Waals surface area contributed by atoms with Crippen molar-refractivity contribution < 1.29 is 9.53 Å². The van der Waals surface area contributed by atoms with Crippen LogP contribution in [0.1, 0.15) is 11.8 Å². The molecule has 0 bridgehead atoms. The number of hydrogen-bond donors (Lipinski definition) is 1. The van der Waals surface area contributed by atoms with E-state index in [4.69, 9.17) is 10.5 Å². The molecule has 2 heterocycles. The molecule has 0 aliphatic carbocycles. The second kappa shape index (κ2) is 5.99. The van der Waals surface area contributed by atoms with E-state index < -0.39 is 0 Å². The zero-order chi connectivity index (χ0) is 13.8. The second-order valence-electron chi connectivity index (χ2n) is 4.88. The van der Waals surface area contributed by atoms with E-state index in [0.29, 0.717) is 13.2 Å². The number of hydrogen-bond acceptors (Lipinski definition) is 5. The van der Waals surface area contributed by atoms with Crippen molar-refractivity contribution in [2.45, 2.75) is 6.10 Å². The van der Waals surface area contributed by atoms with Crippen LogP contribution in [0.25, 0.3) is 0 Å². The van der Waals surface area contributed by atoms with Gasteiger partial charge >= 0.3 is 0 Å². The number of morpholine rings is 1. The van der Waals surface area contributed by atoms with Gasteiger partial charge in [-0.1, -0.05) is 6.07 Å². The van der Waals surface area contributed by atoms with E-state index in [2.05, 4.69) is 4.98 Å². The molecule has 2 N–H and O–H groups in total. The molecule has 0 radical (unpaired) electrons. The van der Waals surface area contributed by atoms with Crippen LogP contribution in [0.3, 0.4) is 0 Å². The predicted octanol–water partition coefficient (Wildman–Crippen LogP) is 0.00620. The van der Waals surface area contributed by atoms with Crippen LogP contribution >= 0.6 is 0 Å². The van der Waals surface area contributed by atoms with E-state index in [1.54, 1.807) is 0 Å². The Labute approximate surface area is 113 Å². The van der Waals surface area contributed by atoms with Gasteiger partial charge in [0.2, 0.25) is 5.91 Å². The van der Waals surface area contributed by atoms with Crippen molar-refractivity contribution in [3.05, 3.63) is 23.9 Å². The quantitative estimate of drug-likeness (QED) is 0.829. The highest BCUT2D eigenvalue weighted by atomic mass is 16.5. The Kier molecular flexibility index (Phi) is 4.34. The topological polar surface area (TPSA) is 71.7 Å². The van der Waals surface area contributed by atoms with Gasteiger partial charge in [-0.05, 0) is 12.1 Å². The fourth-order valence-corrected chi connectivity index (χ4v) is 2.11. The standard InChI is InChI=1S/C13H20N4O2/c1-16(2)13-5-3-4-10(15-13)11-8-17(6-7-19-11)9-12(14)18/h3-5,11H,6-9H2,1-2H3,(H2,14,18). The highest BCUT2D eigenvalue weighted by Gasteiger charge is 2.24. The number of amides is 1. The van der Waals surface area contributed by atoms with E-state index in [1.807, 2.05) is 42.1 Å². The van der Waals surface area contributed by atoms with Gasteiger partial charge in [0.15, 0.2) is 0 Å². The number of rotatable bonds is 4. The van der Waals surface area contributed by atoms with Gasteiger partial charge < -0.3 is 15.4 Å². The molecule has 1 fully saturated rings. The van der Waals surface area contributed by atoms with Gasteiger partial charge in [0.1, 0.15) is 11.9 Å². The molecule has 0 saturated carbocycles. The third kappa shape index (κ3) is 3.65. The first kappa shape index (κ1) is 13.8. The van der Waals surface area contributed by atoms with Crippen molar-refractivity contribution in [1.29, 1.82) is 0 Å². The van der Waals surface area contributed by atoms with Crippen LogP contribution in [0.5, 0.6) is 0 Å². The first-order chi connectivity index (χ1) is 9.06. The molecule has 1 atom stereocenters. The summed E-state index contributed by atoms with van der Waals surface area (Å²) in [6.45, 7) is 2.23. The van der Waals surface area contributed by atoms with Crippen molar-refractivity contribution >= 4 is 11.7 Å². The number of pyridine rings is 1. The molecule has 104 valence electrons. The van der Waals surface area contributed by atoms with Crippen LogP contribution in [0.15, 0.2) is 18.2 Å². The molecule has 2 rings (SSSR count). The molecule has 0 spiro atoms. The summed E-state index contributed by atoms with van der Waals surface area (Å²) in [7, 11) is 3.90. The van der Waals surface area contributed by atoms with Gasteiger partial charge in [-0.25, -0.2) is 4.98 Å². The number of carbonyl (C=O) groups excluding carboxylic acids is 1. The van der Waals surface area contributed by atoms with E-state index in [0.717, 1.165) is 18.1 Å². The van der Waals surface area contributed by atoms with Crippen LogP contribution in [0.2, 0.25) is 0 Å². The fourth-order valence-electron chi connectivity index (χ4n) is 2.11. The highest BCUT2D eigenvalue weighted by Crippen LogP contribution is 2.22. The van der Waals surface area contributed by atoms with Crippen molar-refractivity contribution in [2.24, 2.45) is 5.73 Å². The molecule has 1 saturated heterocycles. The van der Waals surface area contributed by atoms with E-state index in [-0.39, 0.29) is 18.6 Å². The van der Waals surface area contributed by atoms with Crippen LogP contribution in [0, 0.1) is 0 Å². The number of carbonyl (C=O) groups is 1.